The summed E-state index contributed by atoms with van der Waals surface area (Å²) >= 11 is 0. The molecule has 0 aliphatic carbocycles. The van der Waals surface area contributed by atoms with Gasteiger partial charge in [0.05, 0.1) is 5.56 Å². The molecule has 21 heavy (non-hydrogen) atoms. The third kappa shape index (κ3) is 4.35. The minimum absolute atomic E-state index is 0.363. The van der Waals surface area contributed by atoms with Gasteiger partial charge in [-0.2, -0.15) is 0 Å². The van der Waals surface area contributed by atoms with Gasteiger partial charge in [-0.15, -0.1) is 0 Å². The number of rotatable bonds is 9. The molecule has 0 saturated heterocycles. The summed E-state index contributed by atoms with van der Waals surface area (Å²) in [5, 5.41) is 10.2. The van der Waals surface area contributed by atoms with Crippen LogP contribution in [-0.4, -0.2) is 15.6 Å². The highest BCUT2D eigenvalue weighted by atomic mass is 16.4. The lowest BCUT2D eigenvalue weighted by Crippen LogP contribution is -1.99. The van der Waals surface area contributed by atoms with Crippen LogP contribution in [0.3, 0.4) is 0 Å². The van der Waals surface area contributed by atoms with Crippen molar-refractivity contribution in [1.82, 2.24) is 4.57 Å². The van der Waals surface area contributed by atoms with Crippen molar-refractivity contribution in [1.29, 1.82) is 0 Å². The molecule has 0 fully saturated rings. The number of aromatic nitrogens is 1. The Kier molecular flexibility index (Phi) is 5.85. The second-order valence-corrected chi connectivity index (χ2v) is 5.71. The number of hydrogen-bond acceptors (Lipinski definition) is 1. The summed E-state index contributed by atoms with van der Waals surface area (Å²) in [5.74, 6) is -0.861. The molecule has 0 atom stereocenters. The fraction of sp³-hybridized carbons (Fsp3) is 0.500. The smallest absolute Gasteiger partial charge is 0.335 e. The van der Waals surface area contributed by atoms with Gasteiger partial charge in [0.2, 0.25) is 0 Å². The number of fused-ring (bicyclic) bond motifs is 1. The summed E-state index contributed by atoms with van der Waals surface area (Å²) in [4.78, 5) is 11.1. The van der Waals surface area contributed by atoms with Gasteiger partial charge in [0.15, 0.2) is 0 Å². The molecule has 1 heterocycles. The summed E-state index contributed by atoms with van der Waals surface area (Å²) in [7, 11) is 0. The lowest BCUT2D eigenvalue weighted by molar-refractivity contribution is 0.0697. The van der Waals surface area contributed by atoms with E-state index in [2.05, 4.69) is 23.8 Å². The summed E-state index contributed by atoms with van der Waals surface area (Å²) in [6.45, 7) is 3.21. The Morgan fingerprint density at radius 2 is 1.76 bits per heavy atom. The van der Waals surface area contributed by atoms with Gasteiger partial charge in [-0.05, 0) is 30.0 Å². The zero-order valence-electron chi connectivity index (χ0n) is 12.8. The Morgan fingerprint density at radius 3 is 2.48 bits per heavy atom. The first-order valence-corrected chi connectivity index (χ1v) is 8.04. The van der Waals surface area contributed by atoms with E-state index in [0.717, 1.165) is 23.9 Å². The normalized spacial score (nSPS) is 11.1. The first kappa shape index (κ1) is 15.6. The van der Waals surface area contributed by atoms with Gasteiger partial charge in [-0.1, -0.05) is 51.5 Å². The molecule has 1 aromatic heterocycles. The quantitative estimate of drug-likeness (QED) is 0.653. The topological polar surface area (TPSA) is 42.2 Å². The van der Waals surface area contributed by atoms with Crippen LogP contribution in [0.5, 0.6) is 0 Å². The second kappa shape index (κ2) is 7.87. The molecule has 1 aromatic carbocycles. The van der Waals surface area contributed by atoms with E-state index in [9.17, 15) is 4.79 Å². The van der Waals surface area contributed by atoms with Crippen LogP contribution in [0.2, 0.25) is 0 Å². The molecule has 114 valence electrons. The van der Waals surface area contributed by atoms with Crippen molar-refractivity contribution < 1.29 is 9.90 Å². The van der Waals surface area contributed by atoms with Gasteiger partial charge in [0, 0.05) is 18.3 Å². The Labute approximate surface area is 126 Å². The van der Waals surface area contributed by atoms with Crippen LogP contribution in [0, 0.1) is 0 Å². The van der Waals surface area contributed by atoms with Crippen LogP contribution in [0.4, 0.5) is 0 Å². The number of unbranched alkanes of at least 4 members (excludes halogenated alkanes) is 6. The Morgan fingerprint density at radius 1 is 1.05 bits per heavy atom. The number of carbonyl (C=O) groups is 1. The lowest BCUT2D eigenvalue weighted by Gasteiger charge is -2.06. The number of benzene rings is 1. The molecule has 0 unspecified atom stereocenters. The largest absolute Gasteiger partial charge is 0.478 e. The number of hydrogen-bond donors (Lipinski definition) is 1. The fourth-order valence-corrected chi connectivity index (χ4v) is 2.75. The molecule has 1 N–H and O–H groups in total. The molecule has 0 spiro atoms. The van der Waals surface area contributed by atoms with Crippen LogP contribution >= 0.6 is 0 Å². The Balaban J connectivity index is 1.87. The first-order chi connectivity index (χ1) is 10.2. The summed E-state index contributed by atoms with van der Waals surface area (Å²) in [6.07, 6.45) is 11.1. The van der Waals surface area contributed by atoms with Crippen LogP contribution in [0.25, 0.3) is 10.9 Å². The number of aryl methyl sites for hydroxylation is 1. The average Bonchev–Trinajstić information content (AvgIpc) is 2.88. The van der Waals surface area contributed by atoms with Crippen molar-refractivity contribution in [2.45, 2.75) is 58.4 Å². The van der Waals surface area contributed by atoms with Crippen LogP contribution in [0.1, 0.15) is 62.2 Å². The summed E-state index contributed by atoms with van der Waals surface area (Å²) in [6, 6.07) is 7.39. The second-order valence-electron chi connectivity index (χ2n) is 5.71. The molecule has 3 heteroatoms. The zero-order valence-corrected chi connectivity index (χ0v) is 12.8. The number of carboxylic acids is 1. The van der Waals surface area contributed by atoms with Crippen LogP contribution < -0.4 is 0 Å². The predicted molar refractivity (Wildman–Crippen MR) is 86.9 cm³/mol. The summed E-state index contributed by atoms with van der Waals surface area (Å²) in [5.41, 5.74) is 1.39. The molecule has 2 rings (SSSR count). The van der Waals surface area contributed by atoms with Crippen molar-refractivity contribution in [2.24, 2.45) is 0 Å². The maximum atomic E-state index is 11.1. The average molecular weight is 287 g/mol. The van der Waals surface area contributed by atoms with Crippen molar-refractivity contribution in [3.05, 3.63) is 36.0 Å². The molecular formula is C18H25NO2. The maximum absolute atomic E-state index is 11.1. The van der Waals surface area contributed by atoms with Crippen molar-refractivity contribution in [2.75, 3.05) is 0 Å². The van der Waals surface area contributed by atoms with Crippen molar-refractivity contribution in [3.8, 4) is 0 Å². The van der Waals surface area contributed by atoms with E-state index >= 15 is 0 Å². The monoisotopic (exact) mass is 287 g/mol. The van der Waals surface area contributed by atoms with Crippen LogP contribution in [0.15, 0.2) is 30.5 Å². The Hall–Kier alpha value is -1.77. The Bertz CT molecular complexity index is 586. The molecule has 0 saturated carbocycles. The lowest BCUT2D eigenvalue weighted by atomic mass is 10.1. The molecule has 0 bridgehead atoms. The minimum Gasteiger partial charge on any atom is -0.478 e. The van der Waals surface area contributed by atoms with Gasteiger partial charge >= 0.3 is 5.97 Å². The highest BCUT2D eigenvalue weighted by molar-refractivity contribution is 5.93. The fourth-order valence-electron chi connectivity index (χ4n) is 2.75. The van der Waals surface area contributed by atoms with Gasteiger partial charge in [-0.3, -0.25) is 0 Å². The minimum atomic E-state index is -0.861. The highest BCUT2D eigenvalue weighted by Crippen LogP contribution is 2.19. The third-order valence-electron chi connectivity index (χ3n) is 4.02. The van der Waals surface area contributed by atoms with E-state index in [0.29, 0.717) is 5.56 Å². The highest BCUT2D eigenvalue weighted by Gasteiger charge is 2.06. The van der Waals surface area contributed by atoms with Crippen molar-refractivity contribution >= 4 is 16.9 Å². The van der Waals surface area contributed by atoms with E-state index in [-0.39, 0.29) is 0 Å². The molecule has 2 aromatic rings. The molecule has 3 nitrogen and oxygen atoms in total. The van der Waals surface area contributed by atoms with E-state index in [4.69, 9.17) is 5.11 Å². The van der Waals surface area contributed by atoms with E-state index in [1.165, 1.54) is 38.5 Å². The standard InChI is InChI=1S/C18H25NO2/c1-2-3-4-5-6-7-8-12-19-13-11-15-9-10-16(18(20)21)14-17(15)19/h9-11,13-14H,2-8,12H2,1H3,(H,20,21). The molecule has 0 aliphatic heterocycles. The van der Waals surface area contributed by atoms with Gasteiger partial charge in [-0.25, -0.2) is 4.79 Å². The maximum Gasteiger partial charge on any atom is 0.335 e. The molecule has 0 radical (unpaired) electrons. The van der Waals surface area contributed by atoms with E-state index in [1.807, 2.05) is 6.07 Å². The number of nitrogens with zero attached hydrogens (tertiary/aromatic N) is 1. The summed E-state index contributed by atoms with van der Waals surface area (Å²) < 4.78 is 2.17. The first-order valence-electron chi connectivity index (χ1n) is 8.04. The van der Waals surface area contributed by atoms with Crippen molar-refractivity contribution in [3.63, 3.8) is 0 Å². The number of carboxylic acid groups (broad SMARTS) is 1. The third-order valence-corrected chi connectivity index (χ3v) is 4.02. The molecular weight excluding hydrogens is 262 g/mol. The van der Waals surface area contributed by atoms with E-state index < -0.39 is 5.97 Å². The SMILES string of the molecule is CCCCCCCCCn1ccc2ccc(C(=O)O)cc21. The van der Waals surface area contributed by atoms with E-state index in [1.54, 1.807) is 12.1 Å². The zero-order chi connectivity index (χ0) is 15.1. The number of aromatic carboxylic acids is 1. The molecule has 0 aliphatic rings. The molecule has 0 amide bonds. The van der Waals surface area contributed by atoms with Gasteiger partial charge in [0.25, 0.3) is 0 Å². The predicted octanol–water partition coefficient (Wildman–Crippen LogP) is 5.09. The van der Waals surface area contributed by atoms with Gasteiger partial charge in [0.1, 0.15) is 0 Å². The van der Waals surface area contributed by atoms with Crippen LogP contribution in [-0.2, 0) is 6.54 Å². The van der Waals surface area contributed by atoms with Gasteiger partial charge < -0.3 is 9.67 Å².